The zero-order chi connectivity index (χ0) is 16.4. The molecule has 2 aromatic carbocycles. The molecule has 2 N–H and O–H groups in total. The van der Waals surface area contributed by atoms with Crippen molar-refractivity contribution in [1.82, 2.24) is 0 Å². The van der Waals surface area contributed by atoms with Gasteiger partial charge in [-0.25, -0.2) is 0 Å². The van der Waals surface area contributed by atoms with E-state index in [2.05, 4.69) is 26.0 Å². The SMILES string of the molecule is CCc1cc(O)cc2c1CC(CC)(c1ccc(O)cc1)CCC2. The van der Waals surface area contributed by atoms with Crippen LogP contribution in [0, 0.1) is 0 Å². The van der Waals surface area contributed by atoms with E-state index in [1.54, 1.807) is 12.1 Å². The monoisotopic (exact) mass is 310 g/mol. The van der Waals surface area contributed by atoms with E-state index in [4.69, 9.17) is 0 Å². The second kappa shape index (κ2) is 6.27. The molecule has 1 aliphatic carbocycles. The number of hydrogen-bond donors (Lipinski definition) is 2. The van der Waals surface area contributed by atoms with E-state index in [1.807, 2.05) is 12.1 Å². The maximum atomic E-state index is 10.00. The number of fused-ring (bicyclic) bond motifs is 1. The van der Waals surface area contributed by atoms with Gasteiger partial charge in [0.05, 0.1) is 0 Å². The van der Waals surface area contributed by atoms with Gasteiger partial charge in [0.1, 0.15) is 11.5 Å². The Morgan fingerprint density at radius 3 is 2.39 bits per heavy atom. The Bertz CT molecular complexity index is 688. The van der Waals surface area contributed by atoms with Crippen LogP contribution in [0.25, 0.3) is 0 Å². The molecule has 0 saturated carbocycles. The van der Waals surface area contributed by atoms with Gasteiger partial charge in [-0.2, -0.15) is 0 Å². The molecule has 3 rings (SSSR count). The molecule has 0 amide bonds. The highest BCUT2D eigenvalue weighted by Crippen LogP contribution is 2.42. The van der Waals surface area contributed by atoms with E-state index >= 15 is 0 Å². The van der Waals surface area contributed by atoms with Crippen molar-refractivity contribution in [2.75, 3.05) is 0 Å². The Morgan fingerprint density at radius 1 is 1.00 bits per heavy atom. The van der Waals surface area contributed by atoms with Crippen LogP contribution < -0.4 is 0 Å². The maximum absolute atomic E-state index is 10.00. The molecule has 122 valence electrons. The number of phenolic OH excluding ortho intramolecular Hbond substituents is 2. The predicted molar refractivity (Wildman–Crippen MR) is 94.2 cm³/mol. The fourth-order valence-electron chi connectivity index (χ4n) is 4.16. The lowest BCUT2D eigenvalue weighted by Crippen LogP contribution is -2.28. The largest absolute Gasteiger partial charge is 0.508 e. The summed E-state index contributed by atoms with van der Waals surface area (Å²) in [7, 11) is 0. The van der Waals surface area contributed by atoms with Gasteiger partial charge in [0.15, 0.2) is 0 Å². The van der Waals surface area contributed by atoms with Crippen LogP contribution in [0.5, 0.6) is 11.5 Å². The number of hydrogen-bond acceptors (Lipinski definition) is 2. The molecule has 23 heavy (non-hydrogen) atoms. The number of phenols is 2. The summed E-state index contributed by atoms with van der Waals surface area (Å²) < 4.78 is 0. The van der Waals surface area contributed by atoms with Crippen LogP contribution in [0.15, 0.2) is 36.4 Å². The minimum absolute atomic E-state index is 0.125. The third-order valence-electron chi connectivity index (χ3n) is 5.57. The van der Waals surface area contributed by atoms with Gasteiger partial charge in [0.2, 0.25) is 0 Å². The first-order valence-electron chi connectivity index (χ1n) is 8.71. The molecule has 0 spiro atoms. The van der Waals surface area contributed by atoms with E-state index in [0.717, 1.165) is 38.5 Å². The molecular weight excluding hydrogens is 284 g/mol. The second-order valence-electron chi connectivity index (χ2n) is 6.81. The topological polar surface area (TPSA) is 40.5 Å². The molecule has 2 heteroatoms. The van der Waals surface area contributed by atoms with E-state index < -0.39 is 0 Å². The second-order valence-corrected chi connectivity index (χ2v) is 6.81. The highest BCUT2D eigenvalue weighted by atomic mass is 16.3. The van der Waals surface area contributed by atoms with Crippen LogP contribution in [-0.2, 0) is 24.7 Å². The lowest BCUT2D eigenvalue weighted by molar-refractivity contribution is 0.374. The van der Waals surface area contributed by atoms with Crippen LogP contribution in [-0.4, -0.2) is 10.2 Å². The molecule has 0 heterocycles. The van der Waals surface area contributed by atoms with Crippen molar-refractivity contribution < 1.29 is 10.2 Å². The average Bonchev–Trinajstić information content (AvgIpc) is 2.74. The lowest BCUT2D eigenvalue weighted by atomic mass is 9.71. The Balaban J connectivity index is 2.09. The molecule has 2 aromatic rings. The van der Waals surface area contributed by atoms with Crippen LogP contribution in [0.4, 0.5) is 0 Å². The maximum Gasteiger partial charge on any atom is 0.116 e. The van der Waals surface area contributed by atoms with Crippen molar-refractivity contribution in [1.29, 1.82) is 0 Å². The number of aryl methyl sites for hydroxylation is 2. The first kappa shape index (κ1) is 15.9. The van der Waals surface area contributed by atoms with Crippen molar-refractivity contribution in [3.8, 4) is 11.5 Å². The molecule has 0 saturated heterocycles. The van der Waals surface area contributed by atoms with E-state index in [0.29, 0.717) is 11.5 Å². The Labute approximate surface area is 138 Å². The lowest BCUT2D eigenvalue weighted by Gasteiger charge is -2.33. The van der Waals surface area contributed by atoms with Crippen molar-refractivity contribution >= 4 is 0 Å². The summed E-state index contributed by atoms with van der Waals surface area (Å²) in [6.07, 6.45) is 6.37. The van der Waals surface area contributed by atoms with Gasteiger partial charge in [-0.15, -0.1) is 0 Å². The third kappa shape index (κ3) is 2.95. The minimum atomic E-state index is 0.125. The zero-order valence-electron chi connectivity index (χ0n) is 14.1. The third-order valence-corrected chi connectivity index (χ3v) is 5.57. The summed E-state index contributed by atoms with van der Waals surface area (Å²) >= 11 is 0. The van der Waals surface area contributed by atoms with Gasteiger partial charge < -0.3 is 10.2 Å². The summed E-state index contributed by atoms with van der Waals surface area (Å²) in [6, 6.07) is 11.6. The number of aromatic hydroxyl groups is 2. The molecule has 0 radical (unpaired) electrons. The highest BCUT2D eigenvalue weighted by Gasteiger charge is 2.34. The van der Waals surface area contributed by atoms with Gasteiger partial charge in [-0.1, -0.05) is 26.0 Å². The van der Waals surface area contributed by atoms with Crippen LogP contribution in [0.2, 0.25) is 0 Å². The summed E-state index contributed by atoms with van der Waals surface area (Å²) in [5.74, 6) is 0.724. The van der Waals surface area contributed by atoms with Gasteiger partial charge >= 0.3 is 0 Å². The molecule has 0 bridgehead atoms. The molecule has 0 aliphatic heterocycles. The quantitative estimate of drug-likeness (QED) is 0.793. The summed E-state index contributed by atoms with van der Waals surface area (Å²) in [5, 5.41) is 19.6. The first-order chi connectivity index (χ1) is 11.1. The zero-order valence-corrected chi connectivity index (χ0v) is 14.1. The predicted octanol–water partition coefficient (Wildman–Crippen LogP) is 4.89. The normalized spacial score (nSPS) is 20.8. The summed E-state index contributed by atoms with van der Waals surface area (Å²) in [4.78, 5) is 0. The smallest absolute Gasteiger partial charge is 0.116 e. The van der Waals surface area contributed by atoms with Gasteiger partial charge in [-0.05, 0) is 90.5 Å². The molecular formula is C21H26O2. The standard InChI is InChI=1S/C21H26O2/c1-3-15-12-19(23)13-16-6-5-11-21(4-2,14-20(15)16)17-7-9-18(22)10-8-17/h7-10,12-13,22-23H,3-6,11,14H2,1-2H3. The molecule has 1 unspecified atom stereocenters. The van der Waals surface area contributed by atoms with Crippen LogP contribution in [0.3, 0.4) is 0 Å². The van der Waals surface area contributed by atoms with Crippen molar-refractivity contribution in [2.24, 2.45) is 0 Å². The minimum Gasteiger partial charge on any atom is -0.508 e. The van der Waals surface area contributed by atoms with Gasteiger partial charge in [-0.3, -0.25) is 0 Å². The Hall–Kier alpha value is -1.96. The molecule has 0 aromatic heterocycles. The fraction of sp³-hybridized carbons (Fsp3) is 0.429. The molecule has 2 nitrogen and oxygen atoms in total. The first-order valence-corrected chi connectivity index (χ1v) is 8.71. The fourth-order valence-corrected chi connectivity index (χ4v) is 4.16. The average molecular weight is 310 g/mol. The molecule has 1 aliphatic rings. The van der Waals surface area contributed by atoms with Gasteiger partial charge in [0, 0.05) is 0 Å². The van der Waals surface area contributed by atoms with Crippen molar-refractivity contribution in [3.63, 3.8) is 0 Å². The number of rotatable bonds is 3. The van der Waals surface area contributed by atoms with Crippen LogP contribution >= 0.6 is 0 Å². The highest BCUT2D eigenvalue weighted by molar-refractivity contribution is 5.45. The Morgan fingerprint density at radius 2 is 1.74 bits per heavy atom. The van der Waals surface area contributed by atoms with E-state index in [9.17, 15) is 10.2 Å². The Kier molecular flexibility index (Phi) is 4.34. The van der Waals surface area contributed by atoms with Crippen molar-refractivity contribution in [3.05, 3.63) is 58.7 Å². The summed E-state index contributed by atoms with van der Waals surface area (Å²) in [5.41, 5.74) is 5.47. The summed E-state index contributed by atoms with van der Waals surface area (Å²) in [6.45, 7) is 4.43. The van der Waals surface area contributed by atoms with Crippen LogP contribution in [0.1, 0.15) is 55.4 Å². The van der Waals surface area contributed by atoms with Crippen molar-refractivity contribution in [2.45, 2.75) is 57.8 Å². The number of benzene rings is 2. The van der Waals surface area contributed by atoms with E-state index in [1.165, 1.54) is 22.3 Å². The van der Waals surface area contributed by atoms with E-state index in [-0.39, 0.29) is 5.41 Å². The molecule has 1 atom stereocenters. The molecule has 0 fully saturated rings. The van der Waals surface area contributed by atoms with Gasteiger partial charge in [0.25, 0.3) is 0 Å².